The molecule has 0 aliphatic carbocycles. The molecular weight excluding hydrogens is 204 g/mol. The fourth-order valence-corrected chi connectivity index (χ4v) is 2.21. The Morgan fingerprint density at radius 1 is 1.62 bits per heavy atom. The fourth-order valence-electron chi connectivity index (χ4n) is 2.21. The summed E-state index contributed by atoms with van der Waals surface area (Å²) in [5, 5.41) is 0. The molecule has 1 atom stereocenters. The number of aromatic nitrogens is 2. The number of likely N-dealkylation sites (tertiary alicyclic amines) is 1. The predicted octanol–water partition coefficient (Wildman–Crippen LogP) is 0.735. The lowest BCUT2D eigenvalue weighted by Gasteiger charge is -2.21. The summed E-state index contributed by atoms with van der Waals surface area (Å²) in [4.78, 5) is 19.9. The highest BCUT2D eigenvalue weighted by molar-refractivity contribution is 5.76. The summed E-state index contributed by atoms with van der Waals surface area (Å²) >= 11 is 0. The van der Waals surface area contributed by atoms with Gasteiger partial charge in [-0.25, -0.2) is 9.78 Å². The number of imidazole rings is 1. The van der Waals surface area contributed by atoms with Crippen molar-refractivity contribution in [3.63, 3.8) is 0 Å². The van der Waals surface area contributed by atoms with Crippen LogP contribution in [-0.2, 0) is 0 Å². The number of hydrogen-bond donors (Lipinski definition) is 0. The number of rotatable bonds is 2. The molecule has 2 heterocycles. The van der Waals surface area contributed by atoms with E-state index in [9.17, 15) is 4.79 Å². The summed E-state index contributed by atoms with van der Waals surface area (Å²) in [6.07, 6.45) is 6.02. The lowest BCUT2D eigenvalue weighted by molar-refractivity contribution is 0.202. The van der Waals surface area contributed by atoms with Crippen molar-refractivity contribution in [2.24, 2.45) is 5.92 Å². The highest BCUT2D eigenvalue weighted by Gasteiger charge is 2.22. The van der Waals surface area contributed by atoms with Crippen molar-refractivity contribution < 1.29 is 4.79 Å². The third-order valence-electron chi connectivity index (χ3n) is 3.07. The van der Waals surface area contributed by atoms with E-state index in [1.165, 1.54) is 11.0 Å². The molecule has 1 aliphatic rings. The molecule has 0 spiro atoms. The molecule has 16 heavy (non-hydrogen) atoms. The monoisotopic (exact) mass is 222 g/mol. The third kappa shape index (κ3) is 2.41. The molecule has 1 amide bonds. The van der Waals surface area contributed by atoms with E-state index in [1.807, 2.05) is 7.05 Å². The fraction of sp³-hybridized carbons (Fsp3) is 0.636. The Balaban J connectivity index is 1.88. The molecule has 2 rings (SSSR count). The molecule has 0 N–H and O–H groups in total. The topological polar surface area (TPSA) is 41.4 Å². The first-order chi connectivity index (χ1) is 7.66. The number of amides is 1. The Hall–Kier alpha value is -1.36. The molecule has 0 aromatic carbocycles. The predicted molar refractivity (Wildman–Crippen MR) is 61.3 cm³/mol. The van der Waals surface area contributed by atoms with Crippen LogP contribution < -0.4 is 0 Å². The van der Waals surface area contributed by atoms with Crippen LogP contribution in [0.5, 0.6) is 0 Å². The summed E-state index contributed by atoms with van der Waals surface area (Å²) in [5.74, 6) is 0.600. The maximum absolute atomic E-state index is 11.9. The summed E-state index contributed by atoms with van der Waals surface area (Å²) < 4.78 is 1.51. The zero-order valence-electron chi connectivity index (χ0n) is 9.83. The summed E-state index contributed by atoms with van der Waals surface area (Å²) in [7, 11) is 3.97. The van der Waals surface area contributed by atoms with Crippen LogP contribution in [0.25, 0.3) is 0 Å². The van der Waals surface area contributed by atoms with Crippen molar-refractivity contribution in [1.82, 2.24) is 19.4 Å². The summed E-state index contributed by atoms with van der Waals surface area (Å²) in [6.45, 7) is 3.04. The van der Waals surface area contributed by atoms with Crippen LogP contribution >= 0.6 is 0 Å². The molecule has 5 nitrogen and oxygen atoms in total. The maximum Gasteiger partial charge on any atom is 0.329 e. The van der Waals surface area contributed by atoms with Crippen LogP contribution in [0.1, 0.15) is 6.42 Å². The Labute approximate surface area is 95.7 Å². The van der Waals surface area contributed by atoms with E-state index in [4.69, 9.17) is 0 Å². The lowest BCUT2D eigenvalue weighted by Crippen LogP contribution is -2.35. The Morgan fingerprint density at radius 2 is 2.44 bits per heavy atom. The average molecular weight is 222 g/mol. The van der Waals surface area contributed by atoms with Crippen LogP contribution in [0.4, 0.5) is 4.79 Å². The van der Waals surface area contributed by atoms with Crippen LogP contribution in [-0.4, -0.2) is 59.1 Å². The van der Waals surface area contributed by atoms with Gasteiger partial charge in [-0.15, -0.1) is 0 Å². The SMILES string of the molecule is CN1CCC(CN(C)C(=O)n2ccnc2)C1. The highest BCUT2D eigenvalue weighted by Crippen LogP contribution is 2.15. The number of carbonyl (C=O) groups is 1. The van der Waals surface area contributed by atoms with E-state index >= 15 is 0 Å². The van der Waals surface area contributed by atoms with Crippen molar-refractivity contribution in [2.45, 2.75) is 6.42 Å². The molecule has 1 fully saturated rings. The molecule has 5 heteroatoms. The molecule has 1 aliphatic heterocycles. The van der Waals surface area contributed by atoms with Gasteiger partial charge < -0.3 is 9.80 Å². The standard InChI is InChI=1S/C11H18N4O/c1-13-5-3-10(7-13)8-14(2)11(16)15-6-4-12-9-15/h4,6,9-10H,3,5,7-8H2,1-2H3. The van der Waals surface area contributed by atoms with Crippen molar-refractivity contribution >= 4 is 6.03 Å². The van der Waals surface area contributed by atoms with E-state index in [0.717, 1.165) is 19.6 Å². The molecule has 1 saturated heterocycles. The van der Waals surface area contributed by atoms with Gasteiger partial charge in [0.1, 0.15) is 6.33 Å². The van der Waals surface area contributed by atoms with E-state index in [1.54, 1.807) is 23.6 Å². The normalized spacial score (nSPS) is 21.2. The quantitative estimate of drug-likeness (QED) is 0.741. The van der Waals surface area contributed by atoms with Gasteiger partial charge in [-0.1, -0.05) is 0 Å². The Morgan fingerprint density at radius 3 is 3.00 bits per heavy atom. The number of hydrogen-bond acceptors (Lipinski definition) is 3. The average Bonchev–Trinajstić information content (AvgIpc) is 2.88. The van der Waals surface area contributed by atoms with E-state index in [0.29, 0.717) is 5.92 Å². The smallest absolute Gasteiger partial charge is 0.327 e. The van der Waals surface area contributed by atoms with E-state index < -0.39 is 0 Å². The minimum atomic E-state index is -0.00736. The van der Waals surface area contributed by atoms with Crippen molar-refractivity contribution in [1.29, 1.82) is 0 Å². The van der Waals surface area contributed by atoms with Gasteiger partial charge in [0.05, 0.1) is 0 Å². The van der Waals surface area contributed by atoms with E-state index in [2.05, 4.69) is 16.9 Å². The minimum absolute atomic E-state index is 0.00736. The molecule has 0 bridgehead atoms. The van der Waals surface area contributed by atoms with Gasteiger partial charge in [-0.05, 0) is 25.9 Å². The van der Waals surface area contributed by atoms with Crippen molar-refractivity contribution in [3.05, 3.63) is 18.7 Å². The zero-order valence-corrected chi connectivity index (χ0v) is 9.83. The largest absolute Gasteiger partial charge is 0.329 e. The van der Waals surface area contributed by atoms with Crippen LogP contribution in [0.2, 0.25) is 0 Å². The molecule has 1 aromatic rings. The van der Waals surface area contributed by atoms with Crippen LogP contribution in [0.3, 0.4) is 0 Å². The molecule has 0 saturated carbocycles. The van der Waals surface area contributed by atoms with Gasteiger partial charge in [0.25, 0.3) is 0 Å². The van der Waals surface area contributed by atoms with Gasteiger partial charge >= 0.3 is 6.03 Å². The highest BCUT2D eigenvalue weighted by atomic mass is 16.2. The minimum Gasteiger partial charge on any atom is -0.327 e. The Kier molecular flexibility index (Phi) is 3.24. The van der Waals surface area contributed by atoms with Crippen LogP contribution in [0, 0.1) is 5.92 Å². The first-order valence-electron chi connectivity index (χ1n) is 5.59. The molecule has 1 aromatic heterocycles. The second kappa shape index (κ2) is 4.65. The van der Waals surface area contributed by atoms with Gasteiger partial charge in [0.15, 0.2) is 0 Å². The number of nitrogens with zero attached hydrogens (tertiary/aromatic N) is 4. The first kappa shape index (κ1) is 11.1. The van der Waals surface area contributed by atoms with Crippen molar-refractivity contribution in [2.75, 3.05) is 33.7 Å². The molecule has 0 radical (unpaired) electrons. The van der Waals surface area contributed by atoms with Gasteiger partial charge in [0, 0.05) is 32.5 Å². The van der Waals surface area contributed by atoms with E-state index in [-0.39, 0.29) is 6.03 Å². The molecular formula is C11H18N4O. The zero-order chi connectivity index (χ0) is 11.5. The summed E-state index contributed by atoms with van der Waals surface area (Å²) in [5.41, 5.74) is 0. The summed E-state index contributed by atoms with van der Waals surface area (Å²) in [6, 6.07) is -0.00736. The van der Waals surface area contributed by atoms with Gasteiger partial charge in [-0.3, -0.25) is 4.57 Å². The first-order valence-corrected chi connectivity index (χ1v) is 5.59. The van der Waals surface area contributed by atoms with Gasteiger partial charge in [0.2, 0.25) is 0 Å². The van der Waals surface area contributed by atoms with Crippen molar-refractivity contribution in [3.8, 4) is 0 Å². The van der Waals surface area contributed by atoms with Gasteiger partial charge in [-0.2, -0.15) is 0 Å². The molecule has 1 unspecified atom stereocenters. The maximum atomic E-state index is 11.9. The third-order valence-corrected chi connectivity index (χ3v) is 3.07. The second-order valence-electron chi connectivity index (χ2n) is 4.55. The second-order valence-corrected chi connectivity index (χ2v) is 4.55. The molecule has 88 valence electrons. The number of carbonyl (C=O) groups excluding carboxylic acids is 1. The lowest BCUT2D eigenvalue weighted by atomic mass is 10.1. The van der Waals surface area contributed by atoms with Crippen LogP contribution in [0.15, 0.2) is 18.7 Å². The Bertz CT molecular complexity index is 349.